The molecule has 1 atom stereocenters. The predicted molar refractivity (Wildman–Crippen MR) is 135 cm³/mol. The lowest BCUT2D eigenvalue weighted by molar-refractivity contribution is -0.117. The van der Waals surface area contributed by atoms with Crippen molar-refractivity contribution in [3.05, 3.63) is 39.6 Å². The third-order valence-electron chi connectivity index (χ3n) is 5.51. The molecule has 3 aliphatic rings. The van der Waals surface area contributed by atoms with Gasteiger partial charge in [0.05, 0.1) is 16.9 Å². The van der Waals surface area contributed by atoms with Crippen LogP contribution in [0.3, 0.4) is 0 Å². The molecule has 1 aromatic rings. The van der Waals surface area contributed by atoms with Crippen molar-refractivity contribution in [2.24, 2.45) is 10.9 Å². The van der Waals surface area contributed by atoms with Gasteiger partial charge in [0.1, 0.15) is 23.7 Å². The highest BCUT2D eigenvalue weighted by atomic mass is 32.2. The van der Waals surface area contributed by atoms with Crippen LogP contribution in [0.25, 0.3) is 6.08 Å². The van der Waals surface area contributed by atoms with Gasteiger partial charge in [-0.15, -0.1) is 0 Å². The Labute approximate surface area is 207 Å². The fourth-order valence-electron chi connectivity index (χ4n) is 3.37. The maximum atomic E-state index is 12.5. The standard InChI is InChI=1S/C23H29N5O4S2/c1-23(8-7-15(11-18(23)31-4)32-10-9-28(2)3)27-22-26-20(30)17(34-22)12-16-13-24-21(33-16)25-19(29)14-5-6-14/h7,11-14H,5-6,8-10H2,1-4H3,(H,24,25,29)(H,26,27,30)/b17-12-. The van der Waals surface area contributed by atoms with Crippen LogP contribution >= 0.6 is 23.1 Å². The average molecular weight is 504 g/mol. The van der Waals surface area contributed by atoms with Crippen molar-refractivity contribution in [3.63, 3.8) is 0 Å². The number of nitrogens with one attached hydrogen (secondary N) is 2. The predicted octanol–water partition coefficient (Wildman–Crippen LogP) is 3.21. The van der Waals surface area contributed by atoms with Crippen LogP contribution in [-0.4, -0.2) is 66.8 Å². The van der Waals surface area contributed by atoms with Crippen LogP contribution < -0.4 is 10.6 Å². The zero-order chi connectivity index (χ0) is 24.3. The number of methoxy groups -OCH3 is 1. The van der Waals surface area contributed by atoms with Crippen LogP contribution in [0.15, 0.2) is 39.8 Å². The van der Waals surface area contributed by atoms with E-state index in [1.165, 1.54) is 23.1 Å². The number of carbonyl (C=O) groups excluding carboxylic acids is 2. The minimum atomic E-state index is -0.654. The molecular formula is C23H29N5O4S2. The number of allylic oxidation sites excluding steroid dienone is 1. The molecule has 1 aromatic heterocycles. The smallest absolute Gasteiger partial charge is 0.264 e. The van der Waals surface area contributed by atoms with Crippen LogP contribution in [0.5, 0.6) is 0 Å². The molecular weight excluding hydrogens is 474 g/mol. The van der Waals surface area contributed by atoms with Gasteiger partial charge in [-0.1, -0.05) is 11.3 Å². The SMILES string of the molecule is COC1=CC(OCCN(C)C)=CCC1(C)N=C1NC(=O)/C(=C/c2cnc(NC(=O)C3CC3)s2)S1. The van der Waals surface area contributed by atoms with E-state index < -0.39 is 5.54 Å². The van der Waals surface area contributed by atoms with Crippen LogP contribution in [0.2, 0.25) is 0 Å². The van der Waals surface area contributed by atoms with Gasteiger partial charge in [0.25, 0.3) is 5.91 Å². The molecule has 0 spiro atoms. The average Bonchev–Trinajstić information content (AvgIpc) is 3.47. The van der Waals surface area contributed by atoms with E-state index in [9.17, 15) is 9.59 Å². The second-order valence-electron chi connectivity index (χ2n) is 8.76. The van der Waals surface area contributed by atoms with Crippen molar-refractivity contribution in [2.45, 2.75) is 31.7 Å². The number of aromatic nitrogens is 1. The number of nitrogens with zero attached hydrogens (tertiary/aromatic N) is 3. The summed E-state index contributed by atoms with van der Waals surface area (Å²) in [6.07, 6.45) is 9.73. The van der Waals surface area contributed by atoms with Crippen molar-refractivity contribution < 1.29 is 19.1 Å². The summed E-state index contributed by atoms with van der Waals surface area (Å²) in [5.74, 6) is 1.34. The van der Waals surface area contributed by atoms with Crippen LogP contribution in [0.4, 0.5) is 5.13 Å². The quantitative estimate of drug-likeness (QED) is 0.499. The van der Waals surface area contributed by atoms with Gasteiger partial charge in [0, 0.05) is 31.2 Å². The molecule has 0 aromatic carbocycles. The first-order valence-corrected chi connectivity index (χ1v) is 12.7. The van der Waals surface area contributed by atoms with E-state index in [4.69, 9.17) is 14.5 Å². The molecule has 1 unspecified atom stereocenters. The highest BCUT2D eigenvalue weighted by Gasteiger charge is 2.35. The summed E-state index contributed by atoms with van der Waals surface area (Å²) in [5.41, 5.74) is -0.654. The van der Waals surface area contributed by atoms with E-state index >= 15 is 0 Å². The number of amidine groups is 1. The molecule has 2 fully saturated rings. The molecule has 34 heavy (non-hydrogen) atoms. The molecule has 4 rings (SSSR count). The van der Waals surface area contributed by atoms with Gasteiger partial charge in [-0.2, -0.15) is 0 Å². The highest BCUT2D eigenvalue weighted by Crippen LogP contribution is 2.36. The number of anilines is 1. The van der Waals surface area contributed by atoms with Crippen LogP contribution in [0.1, 0.15) is 31.1 Å². The van der Waals surface area contributed by atoms with Crippen molar-refractivity contribution in [2.75, 3.05) is 39.7 Å². The number of aliphatic imine (C=N–C) groups is 1. The normalized spacial score (nSPS) is 24.8. The van der Waals surface area contributed by atoms with E-state index in [0.29, 0.717) is 34.0 Å². The number of thiazole rings is 1. The third kappa shape index (κ3) is 6.08. The van der Waals surface area contributed by atoms with Gasteiger partial charge in [0.15, 0.2) is 10.3 Å². The van der Waals surface area contributed by atoms with Gasteiger partial charge >= 0.3 is 0 Å². The summed E-state index contributed by atoms with van der Waals surface area (Å²) >= 11 is 2.61. The van der Waals surface area contributed by atoms with E-state index in [0.717, 1.165) is 30.0 Å². The number of likely N-dealkylation sites (N-methyl/N-ethyl adjacent to an activating group) is 1. The van der Waals surface area contributed by atoms with Gasteiger partial charge in [-0.3, -0.25) is 9.59 Å². The molecule has 2 amide bonds. The van der Waals surface area contributed by atoms with E-state index in [1.54, 1.807) is 19.4 Å². The summed E-state index contributed by atoms with van der Waals surface area (Å²) in [5, 5.41) is 6.73. The minimum absolute atomic E-state index is 0.0130. The van der Waals surface area contributed by atoms with E-state index in [1.807, 2.05) is 33.2 Å². The first-order chi connectivity index (χ1) is 16.3. The summed E-state index contributed by atoms with van der Waals surface area (Å²) in [7, 11) is 5.61. The lowest BCUT2D eigenvalue weighted by Gasteiger charge is -2.30. The Balaban J connectivity index is 1.41. The Morgan fingerprint density at radius 3 is 2.94 bits per heavy atom. The number of ether oxygens (including phenoxy) is 2. The molecule has 1 saturated heterocycles. The second-order valence-corrected chi connectivity index (χ2v) is 10.9. The molecule has 2 aliphatic carbocycles. The summed E-state index contributed by atoms with van der Waals surface area (Å²) in [6.45, 7) is 3.37. The molecule has 1 saturated carbocycles. The van der Waals surface area contributed by atoms with Crippen LogP contribution in [0, 0.1) is 5.92 Å². The molecule has 11 heteroatoms. The number of hydrogen-bond acceptors (Lipinski definition) is 9. The molecule has 182 valence electrons. The summed E-state index contributed by atoms with van der Waals surface area (Å²) < 4.78 is 11.5. The summed E-state index contributed by atoms with van der Waals surface area (Å²) in [6, 6.07) is 0. The number of thioether (sulfide) groups is 1. The topological polar surface area (TPSA) is 105 Å². The van der Waals surface area contributed by atoms with E-state index in [2.05, 4.69) is 20.5 Å². The molecule has 2 N–H and O–H groups in total. The van der Waals surface area contributed by atoms with Gasteiger partial charge in [-0.05, 0) is 57.8 Å². The van der Waals surface area contributed by atoms with E-state index in [-0.39, 0.29) is 17.7 Å². The number of carbonyl (C=O) groups is 2. The monoisotopic (exact) mass is 503 g/mol. The third-order valence-corrected chi connectivity index (χ3v) is 7.28. The second kappa shape index (κ2) is 10.3. The Hall–Kier alpha value is -2.63. The first kappa shape index (κ1) is 24.5. The lowest BCUT2D eigenvalue weighted by Crippen LogP contribution is -2.32. The first-order valence-electron chi connectivity index (χ1n) is 11.1. The number of rotatable bonds is 9. The fraction of sp³-hybridized carbons (Fsp3) is 0.478. The van der Waals surface area contributed by atoms with Crippen molar-refractivity contribution in [1.29, 1.82) is 0 Å². The summed E-state index contributed by atoms with van der Waals surface area (Å²) in [4.78, 5) is 36.9. The van der Waals surface area contributed by atoms with Crippen molar-refractivity contribution in [3.8, 4) is 0 Å². The number of hydrogen-bond donors (Lipinski definition) is 2. The van der Waals surface area contributed by atoms with Gasteiger partial charge < -0.3 is 25.0 Å². The Morgan fingerprint density at radius 2 is 2.24 bits per heavy atom. The lowest BCUT2D eigenvalue weighted by atomic mass is 9.91. The Morgan fingerprint density at radius 1 is 1.44 bits per heavy atom. The largest absolute Gasteiger partial charge is 0.498 e. The highest BCUT2D eigenvalue weighted by molar-refractivity contribution is 8.18. The maximum Gasteiger partial charge on any atom is 0.264 e. The minimum Gasteiger partial charge on any atom is -0.498 e. The zero-order valence-corrected chi connectivity index (χ0v) is 21.3. The molecule has 0 bridgehead atoms. The Bertz CT molecular complexity index is 1090. The fourth-order valence-corrected chi connectivity index (χ4v) is 5.13. The van der Waals surface area contributed by atoms with Crippen molar-refractivity contribution in [1.82, 2.24) is 15.2 Å². The van der Waals surface area contributed by atoms with Gasteiger partial charge in [0.2, 0.25) is 5.91 Å². The molecule has 9 nitrogen and oxygen atoms in total. The zero-order valence-electron chi connectivity index (χ0n) is 19.7. The number of amides is 2. The van der Waals surface area contributed by atoms with Crippen molar-refractivity contribution >= 4 is 51.3 Å². The van der Waals surface area contributed by atoms with Crippen LogP contribution in [-0.2, 0) is 19.1 Å². The van der Waals surface area contributed by atoms with Gasteiger partial charge in [-0.25, -0.2) is 9.98 Å². The Kier molecular flexibility index (Phi) is 7.44. The molecule has 2 heterocycles. The molecule has 1 aliphatic heterocycles. The maximum absolute atomic E-state index is 12.5. The molecule has 0 radical (unpaired) electrons.